The van der Waals surface area contributed by atoms with Gasteiger partial charge in [-0.15, -0.1) is 0 Å². The Morgan fingerprint density at radius 1 is 1.40 bits per heavy atom. The third-order valence-corrected chi connectivity index (χ3v) is 1.41. The normalized spacial score (nSPS) is 13.4. The summed E-state index contributed by atoms with van der Waals surface area (Å²) in [5, 5.41) is 9.09. The van der Waals surface area contributed by atoms with Gasteiger partial charge in [0.25, 0.3) is 0 Å². The molecule has 0 amide bonds. The van der Waals surface area contributed by atoms with E-state index in [0.29, 0.717) is 0 Å². The Hall–Kier alpha value is -0.720. The molecule has 0 saturated carbocycles. The second kappa shape index (κ2) is 2.91. The molecule has 10 heavy (non-hydrogen) atoms. The molecule has 58 valence electrons. The van der Waals surface area contributed by atoms with E-state index in [1.807, 2.05) is 33.8 Å². The number of hydrogen-bond acceptors (Lipinski definition) is 1. The Morgan fingerprint density at radius 3 is 1.80 bits per heavy atom. The minimum Gasteiger partial charge on any atom is -0.508 e. The van der Waals surface area contributed by atoms with E-state index in [9.17, 15) is 0 Å². The van der Waals surface area contributed by atoms with Crippen LogP contribution in [0.25, 0.3) is 0 Å². The fourth-order valence-electron chi connectivity index (χ4n) is 1.03. The van der Waals surface area contributed by atoms with Crippen molar-refractivity contribution in [2.45, 2.75) is 27.7 Å². The highest BCUT2D eigenvalue weighted by molar-refractivity contribution is 5.26. The number of rotatable bonds is 1. The molecule has 0 spiro atoms. The maximum absolute atomic E-state index is 9.09. The molecule has 0 unspecified atom stereocenters. The third kappa shape index (κ3) is 2.26. The molecule has 0 aromatic rings. The number of allylic oxidation sites excluding steroid dienone is 2. The standard InChI is InChI=1S/C9H16O/c1-6-8(7(2)10)9(3,4)5/h6,10H,2H2,1,3-5H3/b8-6+. The van der Waals surface area contributed by atoms with E-state index in [1.165, 1.54) is 0 Å². The van der Waals surface area contributed by atoms with Crippen LogP contribution in [-0.2, 0) is 0 Å². The Labute approximate surface area is 63.1 Å². The lowest BCUT2D eigenvalue weighted by atomic mass is 9.85. The van der Waals surface area contributed by atoms with Gasteiger partial charge in [0.15, 0.2) is 0 Å². The zero-order valence-corrected chi connectivity index (χ0v) is 7.23. The fraction of sp³-hybridized carbons (Fsp3) is 0.556. The van der Waals surface area contributed by atoms with Crippen LogP contribution in [0.4, 0.5) is 0 Å². The predicted molar refractivity (Wildman–Crippen MR) is 45.0 cm³/mol. The first-order valence-electron chi connectivity index (χ1n) is 3.44. The van der Waals surface area contributed by atoms with E-state index >= 15 is 0 Å². The van der Waals surface area contributed by atoms with Gasteiger partial charge in [-0.3, -0.25) is 0 Å². The van der Waals surface area contributed by atoms with E-state index in [1.54, 1.807) is 0 Å². The van der Waals surface area contributed by atoms with Crippen LogP contribution < -0.4 is 0 Å². The van der Waals surface area contributed by atoms with Crippen LogP contribution in [0.2, 0.25) is 0 Å². The first-order chi connectivity index (χ1) is 4.39. The molecule has 0 aromatic carbocycles. The molecule has 1 heteroatoms. The summed E-state index contributed by atoms with van der Waals surface area (Å²) in [5.74, 6) is 0.176. The van der Waals surface area contributed by atoms with Gasteiger partial charge in [-0.2, -0.15) is 0 Å². The Morgan fingerprint density at radius 2 is 1.80 bits per heavy atom. The van der Waals surface area contributed by atoms with Crippen molar-refractivity contribution in [3.8, 4) is 0 Å². The first-order valence-corrected chi connectivity index (χ1v) is 3.44. The van der Waals surface area contributed by atoms with Crippen LogP contribution in [-0.4, -0.2) is 5.11 Å². The van der Waals surface area contributed by atoms with Crippen LogP contribution >= 0.6 is 0 Å². The molecule has 0 aliphatic rings. The average molecular weight is 140 g/mol. The van der Waals surface area contributed by atoms with Gasteiger partial charge >= 0.3 is 0 Å². The van der Waals surface area contributed by atoms with Crippen molar-refractivity contribution >= 4 is 0 Å². The van der Waals surface area contributed by atoms with Crippen molar-refractivity contribution < 1.29 is 5.11 Å². The summed E-state index contributed by atoms with van der Waals surface area (Å²) in [6.45, 7) is 11.5. The Kier molecular flexibility index (Phi) is 2.70. The summed E-state index contributed by atoms with van der Waals surface area (Å²) >= 11 is 0. The summed E-state index contributed by atoms with van der Waals surface area (Å²) < 4.78 is 0. The molecular weight excluding hydrogens is 124 g/mol. The second-order valence-corrected chi connectivity index (χ2v) is 3.40. The van der Waals surface area contributed by atoms with Gasteiger partial charge in [0.05, 0.1) is 0 Å². The summed E-state index contributed by atoms with van der Waals surface area (Å²) in [6, 6.07) is 0. The molecule has 0 bridgehead atoms. The van der Waals surface area contributed by atoms with Gasteiger partial charge in [-0.1, -0.05) is 33.4 Å². The van der Waals surface area contributed by atoms with Gasteiger partial charge in [-0.25, -0.2) is 0 Å². The van der Waals surface area contributed by atoms with Crippen molar-refractivity contribution in [1.82, 2.24) is 0 Å². The van der Waals surface area contributed by atoms with Crippen molar-refractivity contribution in [1.29, 1.82) is 0 Å². The minimum absolute atomic E-state index is 0.000579. The van der Waals surface area contributed by atoms with E-state index in [0.717, 1.165) is 5.57 Å². The van der Waals surface area contributed by atoms with Crippen molar-refractivity contribution in [2.75, 3.05) is 0 Å². The largest absolute Gasteiger partial charge is 0.508 e. The summed E-state index contributed by atoms with van der Waals surface area (Å²) in [6.07, 6.45) is 1.89. The summed E-state index contributed by atoms with van der Waals surface area (Å²) in [5.41, 5.74) is 0.910. The molecule has 0 aromatic heterocycles. The van der Waals surface area contributed by atoms with Crippen molar-refractivity contribution in [3.05, 3.63) is 24.0 Å². The predicted octanol–water partition coefficient (Wildman–Crippen LogP) is 3.05. The number of hydrogen-bond donors (Lipinski definition) is 1. The molecule has 0 radical (unpaired) electrons. The SMILES string of the molecule is C=C(O)/C(=C\C)C(C)(C)C. The molecule has 0 atom stereocenters. The van der Waals surface area contributed by atoms with Crippen LogP contribution in [0, 0.1) is 5.41 Å². The second-order valence-electron chi connectivity index (χ2n) is 3.40. The molecule has 0 aliphatic heterocycles. The molecule has 0 heterocycles. The summed E-state index contributed by atoms with van der Waals surface area (Å²) in [4.78, 5) is 0. The van der Waals surface area contributed by atoms with Crippen LogP contribution in [0.1, 0.15) is 27.7 Å². The van der Waals surface area contributed by atoms with Crippen LogP contribution in [0.15, 0.2) is 24.0 Å². The first kappa shape index (κ1) is 9.28. The highest BCUT2D eigenvalue weighted by Gasteiger charge is 2.17. The van der Waals surface area contributed by atoms with Gasteiger partial charge in [0.2, 0.25) is 0 Å². The maximum Gasteiger partial charge on any atom is 0.111 e. The van der Waals surface area contributed by atoms with Gasteiger partial charge in [0.1, 0.15) is 5.76 Å². The smallest absolute Gasteiger partial charge is 0.111 e. The molecular formula is C9H16O. The highest BCUT2D eigenvalue weighted by atomic mass is 16.3. The van der Waals surface area contributed by atoms with Crippen LogP contribution in [0.5, 0.6) is 0 Å². The van der Waals surface area contributed by atoms with E-state index in [-0.39, 0.29) is 11.2 Å². The molecule has 1 N–H and O–H groups in total. The molecule has 0 fully saturated rings. The lowest BCUT2D eigenvalue weighted by Gasteiger charge is -2.21. The topological polar surface area (TPSA) is 20.2 Å². The zero-order valence-electron chi connectivity index (χ0n) is 7.23. The van der Waals surface area contributed by atoms with Crippen molar-refractivity contribution in [2.24, 2.45) is 5.41 Å². The van der Waals surface area contributed by atoms with Gasteiger partial charge < -0.3 is 5.11 Å². The third-order valence-electron chi connectivity index (χ3n) is 1.41. The van der Waals surface area contributed by atoms with Gasteiger partial charge in [-0.05, 0) is 17.9 Å². The lowest BCUT2D eigenvalue weighted by molar-refractivity contribution is 0.381. The lowest BCUT2D eigenvalue weighted by Crippen LogP contribution is -2.10. The fourth-order valence-corrected chi connectivity index (χ4v) is 1.03. The highest BCUT2D eigenvalue weighted by Crippen LogP contribution is 2.28. The minimum atomic E-state index is 0.000579. The average Bonchev–Trinajstić information content (AvgIpc) is 1.60. The monoisotopic (exact) mass is 140 g/mol. The summed E-state index contributed by atoms with van der Waals surface area (Å²) in [7, 11) is 0. The number of aliphatic hydroxyl groups excluding tert-OH is 1. The Bertz CT molecular complexity index is 158. The maximum atomic E-state index is 9.09. The quantitative estimate of drug-likeness (QED) is 0.438. The molecule has 0 rings (SSSR count). The van der Waals surface area contributed by atoms with Crippen molar-refractivity contribution in [3.63, 3.8) is 0 Å². The van der Waals surface area contributed by atoms with Gasteiger partial charge in [0, 0.05) is 0 Å². The van der Waals surface area contributed by atoms with E-state index in [4.69, 9.17) is 5.11 Å². The van der Waals surface area contributed by atoms with Crippen LogP contribution in [0.3, 0.4) is 0 Å². The Balaban J connectivity index is 4.56. The zero-order chi connectivity index (χ0) is 8.36. The van der Waals surface area contributed by atoms with E-state index < -0.39 is 0 Å². The molecule has 0 saturated heterocycles. The molecule has 0 aliphatic carbocycles. The number of aliphatic hydroxyl groups is 1. The molecule has 1 nitrogen and oxygen atoms in total. The van der Waals surface area contributed by atoms with E-state index in [2.05, 4.69) is 6.58 Å².